The number of benzene rings is 1. The molecule has 0 amide bonds. The number of nitrogens with zero attached hydrogens (tertiary/aromatic N) is 3. The minimum absolute atomic E-state index is 0.533. The van der Waals surface area contributed by atoms with E-state index in [0.717, 1.165) is 5.69 Å². The molecule has 0 saturated heterocycles. The van der Waals surface area contributed by atoms with Crippen LogP contribution in [0.15, 0.2) is 48.9 Å². The summed E-state index contributed by atoms with van der Waals surface area (Å²) in [6, 6.07) is 8.89. The van der Waals surface area contributed by atoms with Crippen LogP contribution in [0.4, 0.5) is 5.69 Å². The van der Waals surface area contributed by atoms with E-state index in [-0.39, 0.29) is 0 Å². The summed E-state index contributed by atoms with van der Waals surface area (Å²) in [5, 5.41) is 5.62. The maximum Gasteiger partial charge on any atom is 0.117 e. The van der Waals surface area contributed by atoms with Crippen LogP contribution in [-0.2, 0) is 0 Å². The van der Waals surface area contributed by atoms with Crippen molar-refractivity contribution in [2.45, 2.75) is 0 Å². The van der Waals surface area contributed by atoms with Crippen molar-refractivity contribution in [1.82, 2.24) is 14.8 Å². The average molecular weight is 305 g/mol. The Kier molecular flexibility index (Phi) is 3.34. The van der Waals surface area contributed by atoms with Gasteiger partial charge in [0.2, 0.25) is 0 Å². The molecule has 0 aliphatic carbocycles. The molecule has 0 fully saturated rings. The molecule has 4 nitrogen and oxygen atoms in total. The van der Waals surface area contributed by atoms with E-state index in [4.69, 9.17) is 28.9 Å². The number of nitrogens with two attached hydrogens (primary N) is 1. The molecule has 0 atom stereocenters. The minimum Gasteiger partial charge on any atom is -0.396 e. The van der Waals surface area contributed by atoms with Gasteiger partial charge in [0.25, 0.3) is 0 Å². The molecular weight excluding hydrogens is 295 g/mol. The van der Waals surface area contributed by atoms with Crippen LogP contribution in [0.3, 0.4) is 0 Å². The van der Waals surface area contributed by atoms with E-state index < -0.39 is 0 Å². The zero-order chi connectivity index (χ0) is 14.1. The van der Waals surface area contributed by atoms with Gasteiger partial charge >= 0.3 is 0 Å². The molecule has 3 rings (SSSR count). The third-order valence-electron chi connectivity index (χ3n) is 2.85. The van der Waals surface area contributed by atoms with Gasteiger partial charge in [-0.3, -0.25) is 4.98 Å². The molecule has 0 bridgehead atoms. The quantitative estimate of drug-likeness (QED) is 0.783. The maximum absolute atomic E-state index is 6.18. The van der Waals surface area contributed by atoms with Crippen LogP contribution in [0.2, 0.25) is 10.0 Å². The fraction of sp³-hybridized carbons (Fsp3) is 0. The molecule has 0 saturated carbocycles. The fourth-order valence-corrected chi connectivity index (χ4v) is 2.28. The molecule has 1 aromatic carbocycles. The van der Waals surface area contributed by atoms with E-state index >= 15 is 0 Å². The Balaban J connectivity index is 2.12. The van der Waals surface area contributed by atoms with Gasteiger partial charge < -0.3 is 5.73 Å². The van der Waals surface area contributed by atoms with E-state index in [1.54, 1.807) is 41.5 Å². The van der Waals surface area contributed by atoms with Gasteiger partial charge in [0.15, 0.2) is 0 Å². The lowest BCUT2D eigenvalue weighted by molar-refractivity contribution is 0.881. The molecule has 100 valence electrons. The molecule has 6 heteroatoms. The van der Waals surface area contributed by atoms with Crippen molar-refractivity contribution in [3.8, 4) is 16.9 Å². The highest BCUT2D eigenvalue weighted by atomic mass is 35.5. The van der Waals surface area contributed by atoms with Crippen LogP contribution >= 0.6 is 23.2 Å². The molecule has 20 heavy (non-hydrogen) atoms. The van der Waals surface area contributed by atoms with Gasteiger partial charge in [-0.2, -0.15) is 5.10 Å². The Morgan fingerprint density at radius 2 is 1.80 bits per heavy atom. The summed E-state index contributed by atoms with van der Waals surface area (Å²) in [6.45, 7) is 0. The molecule has 3 aromatic rings. The summed E-state index contributed by atoms with van der Waals surface area (Å²) in [4.78, 5) is 3.97. The first-order valence-electron chi connectivity index (χ1n) is 5.86. The summed E-state index contributed by atoms with van der Waals surface area (Å²) >= 11 is 12.2. The third kappa shape index (κ3) is 2.35. The highest BCUT2D eigenvalue weighted by Crippen LogP contribution is 2.33. The first-order valence-corrected chi connectivity index (χ1v) is 6.62. The van der Waals surface area contributed by atoms with Gasteiger partial charge in [0, 0.05) is 23.0 Å². The van der Waals surface area contributed by atoms with Crippen molar-refractivity contribution >= 4 is 28.9 Å². The topological polar surface area (TPSA) is 56.7 Å². The van der Waals surface area contributed by atoms with Gasteiger partial charge in [-0.25, -0.2) is 4.68 Å². The Labute approximate surface area is 125 Å². The smallest absolute Gasteiger partial charge is 0.117 e. The number of halogens is 2. The van der Waals surface area contributed by atoms with Gasteiger partial charge in [-0.05, 0) is 30.3 Å². The van der Waals surface area contributed by atoms with Gasteiger partial charge in [-0.1, -0.05) is 23.2 Å². The van der Waals surface area contributed by atoms with Crippen LogP contribution in [0.1, 0.15) is 0 Å². The second kappa shape index (κ2) is 5.15. The number of nitrogen functional groups attached to an aromatic ring is 1. The number of hydrogen-bond donors (Lipinski definition) is 1. The molecule has 0 unspecified atom stereocenters. The minimum atomic E-state index is 0.533. The average Bonchev–Trinajstić information content (AvgIpc) is 2.84. The van der Waals surface area contributed by atoms with Crippen LogP contribution in [0.25, 0.3) is 16.9 Å². The third-order valence-corrected chi connectivity index (χ3v) is 3.42. The second-order valence-corrected chi connectivity index (χ2v) is 5.05. The molecule has 2 aromatic heterocycles. The van der Waals surface area contributed by atoms with E-state index in [1.165, 1.54) is 0 Å². The molecule has 2 heterocycles. The first kappa shape index (κ1) is 13.0. The number of hydrogen-bond acceptors (Lipinski definition) is 3. The molecule has 0 aliphatic rings. The molecular formula is C14H10Cl2N4. The largest absolute Gasteiger partial charge is 0.396 e. The molecule has 0 aliphatic heterocycles. The summed E-state index contributed by atoms with van der Waals surface area (Å²) in [5.41, 5.74) is 8.75. The summed E-state index contributed by atoms with van der Waals surface area (Å²) in [7, 11) is 0. The standard InChI is InChI=1S/C14H10Cl2N4/c15-9-1-2-12(16)11(7-9)14-13(17)8-20(19-14)10-3-5-18-6-4-10/h1-8H,17H2. The lowest BCUT2D eigenvalue weighted by Crippen LogP contribution is -1.94. The number of pyridine rings is 1. The lowest BCUT2D eigenvalue weighted by Gasteiger charge is -2.03. The monoisotopic (exact) mass is 304 g/mol. The predicted octanol–water partition coefficient (Wildman–Crippen LogP) is 3.82. The van der Waals surface area contributed by atoms with Gasteiger partial charge in [-0.15, -0.1) is 0 Å². The van der Waals surface area contributed by atoms with Crippen LogP contribution in [0.5, 0.6) is 0 Å². The van der Waals surface area contributed by atoms with Gasteiger partial charge in [0.05, 0.1) is 22.6 Å². The number of rotatable bonds is 2. The summed E-state index contributed by atoms with van der Waals surface area (Å²) in [5.74, 6) is 0. The molecule has 0 spiro atoms. The Morgan fingerprint density at radius 1 is 1.05 bits per heavy atom. The second-order valence-electron chi connectivity index (χ2n) is 4.21. The zero-order valence-corrected chi connectivity index (χ0v) is 11.8. The Hall–Kier alpha value is -2.04. The Bertz CT molecular complexity index is 753. The highest BCUT2D eigenvalue weighted by Gasteiger charge is 2.13. The van der Waals surface area contributed by atoms with Crippen molar-refractivity contribution < 1.29 is 0 Å². The zero-order valence-electron chi connectivity index (χ0n) is 10.3. The van der Waals surface area contributed by atoms with Crippen molar-refractivity contribution in [3.63, 3.8) is 0 Å². The van der Waals surface area contributed by atoms with Crippen LogP contribution in [0, 0.1) is 0 Å². The van der Waals surface area contributed by atoms with Crippen molar-refractivity contribution in [3.05, 3.63) is 59.0 Å². The number of anilines is 1. The maximum atomic E-state index is 6.18. The summed E-state index contributed by atoms with van der Waals surface area (Å²) < 4.78 is 1.68. The van der Waals surface area contributed by atoms with Crippen molar-refractivity contribution in [2.24, 2.45) is 0 Å². The highest BCUT2D eigenvalue weighted by molar-refractivity contribution is 6.35. The van der Waals surface area contributed by atoms with Gasteiger partial charge in [0.1, 0.15) is 5.69 Å². The fourth-order valence-electron chi connectivity index (χ4n) is 1.90. The van der Waals surface area contributed by atoms with Crippen LogP contribution in [-0.4, -0.2) is 14.8 Å². The molecule has 2 N–H and O–H groups in total. The normalized spacial score (nSPS) is 10.7. The van der Waals surface area contributed by atoms with E-state index in [1.807, 2.05) is 12.1 Å². The van der Waals surface area contributed by atoms with Crippen molar-refractivity contribution in [1.29, 1.82) is 0 Å². The van der Waals surface area contributed by atoms with E-state index in [2.05, 4.69) is 10.1 Å². The van der Waals surface area contributed by atoms with Crippen LogP contribution < -0.4 is 5.73 Å². The number of aromatic nitrogens is 3. The lowest BCUT2D eigenvalue weighted by atomic mass is 10.1. The van der Waals surface area contributed by atoms with E-state index in [9.17, 15) is 0 Å². The van der Waals surface area contributed by atoms with Crippen molar-refractivity contribution in [2.75, 3.05) is 5.73 Å². The molecule has 0 radical (unpaired) electrons. The summed E-state index contributed by atoms with van der Waals surface area (Å²) in [6.07, 6.45) is 5.13. The first-order chi connectivity index (χ1) is 9.65. The SMILES string of the molecule is Nc1cn(-c2ccncc2)nc1-c1cc(Cl)ccc1Cl. The van der Waals surface area contributed by atoms with E-state index in [0.29, 0.717) is 27.0 Å². The predicted molar refractivity (Wildman–Crippen MR) is 81.2 cm³/mol. The Morgan fingerprint density at radius 3 is 2.55 bits per heavy atom.